The summed E-state index contributed by atoms with van der Waals surface area (Å²) in [5.74, 6) is 0.666. The maximum Gasteiger partial charge on any atom is 0.251 e. The van der Waals surface area contributed by atoms with E-state index in [0.29, 0.717) is 5.56 Å². The van der Waals surface area contributed by atoms with Crippen LogP contribution >= 0.6 is 11.6 Å². The maximum atomic E-state index is 12.5. The SMILES string of the molecule is Cc1cccc(N2CCC(NC(=O)c3ccc(Cl)c(S(C)(=O)=O)c3)CC2)n1. The molecule has 2 heterocycles. The molecule has 6 nitrogen and oxygen atoms in total. The molecule has 1 fully saturated rings. The molecule has 0 aliphatic carbocycles. The molecule has 144 valence electrons. The van der Waals surface area contributed by atoms with E-state index in [0.717, 1.165) is 43.7 Å². The van der Waals surface area contributed by atoms with Crippen molar-refractivity contribution >= 4 is 33.2 Å². The second-order valence-electron chi connectivity index (χ2n) is 6.79. The Morgan fingerprint density at radius 3 is 2.56 bits per heavy atom. The van der Waals surface area contributed by atoms with Crippen LogP contribution in [-0.4, -0.2) is 44.7 Å². The van der Waals surface area contributed by atoms with Gasteiger partial charge in [-0.3, -0.25) is 4.79 Å². The van der Waals surface area contributed by atoms with Gasteiger partial charge in [0.1, 0.15) is 5.82 Å². The minimum atomic E-state index is -3.49. The zero-order valence-corrected chi connectivity index (χ0v) is 16.8. The van der Waals surface area contributed by atoms with E-state index in [2.05, 4.69) is 15.2 Å². The summed E-state index contributed by atoms with van der Waals surface area (Å²) in [4.78, 5) is 19.2. The molecule has 1 N–H and O–H groups in total. The first-order valence-corrected chi connectivity index (χ1v) is 11.0. The van der Waals surface area contributed by atoms with Gasteiger partial charge in [0.2, 0.25) is 0 Å². The lowest BCUT2D eigenvalue weighted by Crippen LogP contribution is -2.45. The summed E-state index contributed by atoms with van der Waals surface area (Å²) in [6, 6.07) is 10.3. The van der Waals surface area contributed by atoms with E-state index in [1.54, 1.807) is 0 Å². The number of nitrogens with zero attached hydrogens (tertiary/aromatic N) is 2. The Bertz CT molecular complexity index is 954. The van der Waals surface area contributed by atoms with Gasteiger partial charge in [0.05, 0.1) is 9.92 Å². The number of benzene rings is 1. The molecule has 1 aliphatic heterocycles. The smallest absolute Gasteiger partial charge is 0.251 e. The van der Waals surface area contributed by atoms with Crippen molar-refractivity contribution in [3.63, 3.8) is 0 Å². The van der Waals surface area contributed by atoms with Gasteiger partial charge in [0, 0.05) is 36.6 Å². The van der Waals surface area contributed by atoms with Gasteiger partial charge in [-0.15, -0.1) is 0 Å². The van der Waals surface area contributed by atoms with Crippen molar-refractivity contribution in [1.29, 1.82) is 0 Å². The van der Waals surface area contributed by atoms with Gasteiger partial charge in [-0.05, 0) is 50.1 Å². The van der Waals surface area contributed by atoms with Crippen LogP contribution in [0.2, 0.25) is 5.02 Å². The summed E-state index contributed by atoms with van der Waals surface area (Å²) >= 11 is 5.94. The molecule has 0 radical (unpaired) electrons. The number of carbonyl (C=O) groups excluding carboxylic acids is 1. The van der Waals surface area contributed by atoms with Crippen LogP contribution in [0, 0.1) is 6.92 Å². The van der Waals surface area contributed by atoms with Gasteiger partial charge in [-0.1, -0.05) is 17.7 Å². The number of hydrogen-bond donors (Lipinski definition) is 1. The number of pyridine rings is 1. The number of carbonyl (C=O) groups is 1. The highest BCUT2D eigenvalue weighted by atomic mass is 35.5. The normalized spacial score (nSPS) is 15.6. The van der Waals surface area contributed by atoms with Crippen LogP contribution in [0.4, 0.5) is 5.82 Å². The monoisotopic (exact) mass is 407 g/mol. The van der Waals surface area contributed by atoms with Crippen LogP contribution < -0.4 is 10.2 Å². The van der Waals surface area contributed by atoms with Crippen molar-refractivity contribution in [3.8, 4) is 0 Å². The van der Waals surface area contributed by atoms with E-state index < -0.39 is 9.84 Å². The van der Waals surface area contributed by atoms with Gasteiger partial charge < -0.3 is 10.2 Å². The summed E-state index contributed by atoms with van der Waals surface area (Å²) in [6.45, 7) is 3.57. The topological polar surface area (TPSA) is 79.4 Å². The summed E-state index contributed by atoms with van der Waals surface area (Å²) in [6.07, 6.45) is 2.67. The predicted molar refractivity (Wildman–Crippen MR) is 106 cm³/mol. The Kier molecular flexibility index (Phi) is 5.72. The zero-order valence-electron chi connectivity index (χ0n) is 15.3. The molecular weight excluding hydrogens is 386 g/mol. The first kappa shape index (κ1) is 19.6. The number of halogens is 1. The van der Waals surface area contributed by atoms with Gasteiger partial charge in [-0.25, -0.2) is 13.4 Å². The molecule has 27 heavy (non-hydrogen) atoms. The minimum Gasteiger partial charge on any atom is -0.356 e. The molecule has 1 amide bonds. The molecular formula is C19H22ClN3O3S. The second kappa shape index (κ2) is 7.86. The summed E-state index contributed by atoms with van der Waals surface area (Å²) in [5.41, 5.74) is 1.27. The Morgan fingerprint density at radius 1 is 1.22 bits per heavy atom. The number of aromatic nitrogens is 1. The number of nitrogens with one attached hydrogen (secondary N) is 1. The van der Waals surface area contributed by atoms with Gasteiger partial charge >= 0.3 is 0 Å². The van der Waals surface area contributed by atoms with Crippen molar-refractivity contribution < 1.29 is 13.2 Å². The van der Waals surface area contributed by atoms with Crippen LogP contribution in [0.25, 0.3) is 0 Å². The summed E-state index contributed by atoms with van der Waals surface area (Å²) < 4.78 is 23.6. The van der Waals surface area contributed by atoms with Crippen molar-refractivity contribution in [2.45, 2.75) is 30.7 Å². The van der Waals surface area contributed by atoms with Crippen LogP contribution in [0.15, 0.2) is 41.3 Å². The molecule has 3 rings (SSSR count). The Labute approximate surface area is 164 Å². The van der Waals surface area contributed by atoms with Crippen molar-refractivity contribution in [3.05, 3.63) is 52.7 Å². The van der Waals surface area contributed by atoms with Crippen LogP contribution in [0.3, 0.4) is 0 Å². The molecule has 0 atom stereocenters. The molecule has 1 saturated heterocycles. The lowest BCUT2D eigenvalue weighted by atomic mass is 10.0. The van der Waals surface area contributed by atoms with Crippen LogP contribution in [0.1, 0.15) is 28.9 Å². The lowest BCUT2D eigenvalue weighted by Gasteiger charge is -2.33. The average molecular weight is 408 g/mol. The Balaban J connectivity index is 1.63. The lowest BCUT2D eigenvalue weighted by molar-refractivity contribution is 0.0931. The number of hydrogen-bond acceptors (Lipinski definition) is 5. The van der Waals surface area contributed by atoms with E-state index in [4.69, 9.17) is 11.6 Å². The van der Waals surface area contributed by atoms with E-state index in [1.165, 1.54) is 18.2 Å². The largest absolute Gasteiger partial charge is 0.356 e. The van der Waals surface area contributed by atoms with Gasteiger partial charge in [-0.2, -0.15) is 0 Å². The van der Waals surface area contributed by atoms with Gasteiger partial charge in [0.15, 0.2) is 9.84 Å². The van der Waals surface area contributed by atoms with Gasteiger partial charge in [0.25, 0.3) is 5.91 Å². The first-order chi connectivity index (χ1) is 12.7. The fraction of sp³-hybridized carbons (Fsp3) is 0.368. The number of rotatable bonds is 4. The number of anilines is 1. The number of aryl methyl sites for hydroxylation is 1. The van der Waals surface area contributed by atoms with Crippen molar-refractivity contribution in [2.24, 2.45) is 0 Å². The Hall–Kier alpha value is -2.12. The molecule has 8 heteroatoms. The summed E-state index contributed by atoms with van der Waals surface area (Å²) in [7, 11) is -3.49. The standard InChI is InChI=1S/C19H22ClN3O3S/c1-13-4-3-5-18(21-13)23-10-8-15(9-11-23)22-19(24)14-6-7-16(20)17(12-14)27(2,25)26/h3-7,12,15H,8-11H2,1-2H3,(H,22,24). The molecule has 0 unspecified atom stereocenters. The minimum absolute atomic E-state index is 0.0304. The third kappa shape index (κ3) is 4.78. The quantitative estimate of drug-likeness (QED) is 0.843. The predicted octanol–water partition coefficient (Wildman–Crippen LogP) is 2.85. The molecule has 1 aliphatic rings. The third-order valence-corrected chi connectivity index (χ3v) is 6.20. The fourth-order valence-corrected chi connectivity index (χ4v) is 4.46. The molecule has 0 spiro atoms. The van der Waals surface area contributed by atoms with E-state index >= 15 is 0 Å². The molecule has 0 saturated carbocycles. The van der Waals surface area contributed by atoms with Crippen LogP contribution in [0.5, 0.6) is 0 Å². The molecule has 1 aromatic carbocycles. The summed E-state index contributed by atoms with van der Waals surface area (Å²) in [5, 5.41) is 3.11. The first-order valence-electron chi connectivity index (χ1n) is 8.73. The maximum absolute atomic E-state index is 12.5. The highest BCUT2D eigenvalue weighted by Crippen LogP contribution is 2.23. The zero-order chi connectivity index (χ0) is 19.6. The highest BCUT2D eigenvalue weighted by molar-refractivity contribution is 7.90. The molecule has 0 bridgehead atoms. The number of piperidine rings is 1. The van der Waals surface area contributed by atoms with E-state index in [9.17, 15) is 13.2 Å². The number of sulfone groups is 1. The Morgan fingerprint density at radius 2 is 1.93 bits per heavy atom. The number of amides is 1. The third-order valence-electron chi connectivity index (χ3n) is 4.62. The highest BCUT2D eigenvalue weighted by Gasteiger charge is 2.23. The van der Waals surface area contributed by atoms with Crippen molar-refractivity contribution in [2.75, 3.05) is 24.2 Å². The van der Waals surface area contributed by atoms with E-state index in [-0.39, 0.29) is 21.9 Å². The molecule has 2 aromatic rings. The molecule has 1 aromatic heterocycles. The average Bonchev–Trinajstić information content (AvgIpc) is 2.61. The van der Waals surface area contributed by atoms with E-state index in [1.807, 2.05) is 25.1 Å². The van der Waals surface area contributed by atoms with Crippen LogP contribution in [-0.2, 0) is 9.84 Å². The fourth-order valence-electron chi connectivity index (χ4n) is 3.16. The van der Waals surface area contributed by atoms with Crippen molar-refractivity contribution in [1.82, 2.24) is 10.3 Å². The second-order valence-corrected chi connectivity index (χ2v) is 9.18.